The molecule has 4 rings (SSSR count). The number of hydrogen-bond acceptors (Lipinski definition) is 5. The largest absolute Gasteiger partial charge is 0.386 e. The number of amides is 3. The summed E-state index contributed by atoms with van der Waals surface area (Å²) in [5.74, 6) is -0.308. The van der Waals surface area contributed by atoms with E-state index in [1.807, 2.05) is 24.3 Å². The number of aromatic nitrogens is 1. The van der Waals surface area contributed by atoms with Crippen molar-refractivity contribution in [2.75, 3.05) is 23.7 Å². The summed E-state index contributed by atoms with van der Waals surface area (Å²) in [5, 5.41) is 9.75. The molecule has 2 aromatic rings. The smallest absolute Gasteiger partial charge is 0.321 e. The van der Waals surface area contributed by atoms with E-state index >= 15 is 0 Å². The minimum atomic E-state index is -0.650. The van der Waals surface area contributed by atoms with Gasteiger partial charge >= 0.3 is 6.03 Å². The molecule has 3 heterocycles. The number of anilines is 2. The van der Waals surface area contributed by atoms with E-state index in [1.54, 1.807) is 29.4 Å². The topological polar surface area (TPSA) is 95.9 Å². The zero-order valence-electron chi connectivity index (χ0n) is 16.9. The molecule has 1 atom stereocenters. The molecule has 3 amide bonds. The molecule has 8 nitrogen and oxygen atoms in total. The number of benzene rings is 1. The number of hydrogen-bond donors (Lipinski definition) is 2. The van der Waals surface area contributed by atoms with E-state index in [-0.39, 0.29) is 11.9 Å². The van der Waals surface area contributed by atoms with Crippen LogP contribution < -0.4 is 10.6 Å². The monoisotopic (exact) mass is 407 g/mol. The van der Waals surface area contributed by atoms with Crippen LogP contribution in [0.3, 0.4) is 0 Å². The van der Waals surface area contributed by atoms with Crippen molar-refractivity contribution < 1.29 is 14.4 Å². The van der Waals surface area contributed by atoms with Crippen molar-refractivity contribution in [2.24, 2.45) is 5.16 Å². The lowest BCUT2D eigenvalue weighted by Gasteiger charge is -2.38. The minimum Gasteiger partial charge on any atom is -0.386 e. The molecule has 30 heavy (non-hydrogen) atoms. The molecular weight excluding hydrogens is 382 g/mol. The van der Waals surface area contributed by atoms with E-state index < -0.39 is 5.60 Å². The molecule has 0 unspecified atom stereocenters. The summed E-state index contributed by atoms with van der Waals surface area (Å²) in [6, 6.07) is 11.2. The van der Waals surface area contributed by atoms with Crippen LogP contribution in [0.2, 0.25) is 0 Å². The predicted molar refractivity (Wildman–Crippen MR) is 114 cm³/mol. The number of nitrogens with one attached hydrogen (secondary N) is 2. The van der Waals surface area contributed by atoms with E-state index in [0.717, 1.165) is 24.9 Å². The standard InChI is InChI=1S/C22H25N5O3/c1-2-16-6-8-17(9-7-16)25-21(29)27-12-4-10-22(15-27)13-19(26-30-22)20(28)24-18-5-3-11-23-14-18/h3,5-9,11,14H,2,4,10,12-13,15H2,1H3,(H,24,28)(H,25,29)/t22-/m0/s1. The van der Waals surface area contributed by atoms with Gasteiger partial charge in [-0.2, -0.15) is 0 Å². The number of likely N-dealkylation sites (tertiary alicyclic amines) is 1. The Morgan fingerprint density at radius 1 is 1.17 bits per heavy atom. The van der Waals surface area contributed by atoms with Crippen LogP contribution in [0.1, 0.15) is 31.7 Å². The molecule has 2 aliphatic rings. The molecule has 1 saturated heterocycles. The maximum atomic E-state index is 12.8. The van der Waals surface area contributed by atoms with Crippen LogP contribution in [-0.2, 0) is 16.1 Å². The van der Waals surface area contributed by atoms with Crippen LogP contribution in [0.15, 0.2) is 53.9 Å². The second kappa shape index (κ2) is 8.52. The third kappa shape index (κ3) is 4.42. The van der Waals surface area contributed by atoms with Gasteiger partial charge in [0.15, 0.2) is 5.60 Å². The van der Waals surface area contributed by atoms with Crippen LogP contribution in [0.25, 0.3) is 0 Å². The zero-order chi connectivity index (χ0) is 21.0. The number of urea groups is 1. The summed E-state index contributed by atoms with van der Waals surface area (Å²) in [6.07, 6.45) is 6.07. The van der Waals surface area contributed by atoms with E-state index in [4.69, 9.17) is 4.84 Å². The first-order chi connectivity index (χ1) is 14.6. The third-order valence-electron chi connectivity index (χ3n) is 5.46. The molecule has 8 heteroatoms. The van der Waals surface area contributed by atoms with Crippen molar-refractivity contribution in [1.82, 2.24) is 9.88 Å². The van der Waals surface area contributed by atoms with Crippen LogP contribution in [0.4, 0.5) is 16.2 Å². The first kappa shape index (κ1) is 19.9. The quantitative estimate of drug-likeness (QED) is 0.812. The van der Waals surface area contributed by atoms with Crippen molar-refractivity contribution in [3.63, 3.8) is 0 Å². The fourth-order valence-corrected chi connectivity index (χ4v) is 3.80. The van der Waals surface area contributed by atoms with Gasteiger partial charge in [-0.15, -0.1) is 0 Å². The van der Waals surface area contributed by atoms with Gasteiger partial charge in [0.1, 0.15) is 5.71 Å². The average Bonchev–Trinajstić information content (AvgIpc) is 3.18. The van der Waals surface area contributed by atoms with Crippen LogP contribution in [0.5, 0.6) is 0 Å². The number of rotatable bonds is 4. The second-order valence-corrected chi connectivity index (χ2v) is 7.69. The second-order valence-electron chi connectivity index (χ2n) is 7.69. The van der Waals surface area contributed by atoms with Gasteiger partial charge in [0.25, 0.3) is 5.91 Å². The molecule has 2 aliphatic heterocycles. The van der Waals surface area contributed by atoms with Crippen LogP contribution in [-0.4, -0.2) is 46.2 Å². The van der Waals surface area contributed by atoms with Gasteiger partial charge in [0, 0.05) is 24.8 Å². The zero-order valence-corrected chi connectivity index (χ0v) is 16.9. The highest BCUT2D eigenvalue weighted by Gasteiger charge is 2.45. The Morgan fingerprint density at radius 3 is 2.73 bits per heavy atom. The minimum absolute atomic E-state index is 0.171. The van der Waals surface area contributed by atoms with Crippen molar-refractivity contribution in [3.05, 3.63) is 54.4 Å². The first-order valence-corrected chi connectivity index (χ1v) is 10.2. The Balaban J connectivity index is 1.35. The molecule has 1 aromatic carbocycles. The number of carbonyl (C=O) groups is 2. The Hall–Kier alpha value is -3.42. The van der Waals surface area contributed by atoms with Crippen LogP contribution >= 0.6 is 0 Å². The van der Waals surface area contributed by atoms with E-state index in [1.165, 1.54) is 5.56 Å². The maximum Gasteiger partial charge on any atom is 0.321 e. The van der Waals surface area contributed by atoms with Gasteiger partial charge in [-0.25, -0.2) is 4.79 Å². The molecule has 0 bridgehead atoms. The number of aryl methyl sites for hydroxylation is 1. The summed E-state index contributed by atoms with van der Waals surface area (Å²) >= 11 is 0. The molecule has 0 aliphatic carbocycles. The van der Waals surface area contributed by atoms with Gasteiger partial charge in [-0.05, 0) is 49.1 Å². The molecule has 156 valence electrons. The summed E-state index contributed by atoms with van der Waals surface area (Å²) in [6.45, 7) is 3.12. The van der Waals surface area contributed by atoms with Gasteiger partial charge in [-0.1, -0.05) is 24.2 Å². The first-order valence-electron chi connectivity index (χ1n) is 10.2. The van der Waals surface area contributed by atoms with Crippen molar-refractivity contribution in [2.45, 2.75) is 38.2 Å². The molecule has 1 aromatic heterocycles. The molecule has 2 N–H and O–H groups in total. The molecule has 1 fully saturated rings. The fraction of sp³-hybridized carbons (Fsp3) is 0.364. The summed E-state index contributed by atoms with van der Waals surface area (Å²) in [7, 11) is 0. The lowest BCUT2D eigenvalue weighted by atomic mass is 9.88. The molecular formula is C22H25N5O3. The summed E-state index contributed by atoms with van der Waals surface area (Å²) in [5.41, 5.74) is 2.26. The number of carbonyl (C=O) groups excluding carboxylic acids is 2. The summed E-state index contributed by atoms with van der Waals surface area (Å²) in [4.78, 5) is 36.7. The SMILES string of the molecule is CCc1ccc(NC(=O)N2CCC[C@]3(CC(C(=O)Nc4cccnc4)=NO3)C2)cc1. The number of oxime groups is 1. The molecule has 0 radical (unpaired) electrons. The lowest BCUT2D eigenvalue weighted by Crippen LogP contribution is -2.52. The number of piperidine rings is 1. The van der Waals surface area contributed by atoms with E-state index in [2.05, 4.69) is 27.7 Å². The Labute approximate surface area is 175 Å². The normalized spacial score (nSPS) is 20.4. The highest BCUT2D eigenvalue weighted by molar-refractivity contribution is 6.43. The Morgan fingerprint density at radius 2 is 2.00 bits per heavy atom. The summed E-state index contributed by atoms with van der Waals surface area (Å²) < 4.78 is 0. The molecule has 0 saturated carbocycles. The maximum absolute atomic E-state index is 12.8. The third-order valence-corrected chi connectivity index (χ3v) is 5.46. The van der Waals surface area contributed by atoms with E-state index in [0.29, 0.717) is 30.9 Å². The highest BCUT2D eigenvalue weighted by atomic mass is 16.7. The van der Waals surface area contributed by atoms with Crippen LogP contribution in [0, 0.1) is 0 Å². The van der Waals surface area contributed by atoms with Crippen molar-refractivity contribution in [1.29, 1.82) is 0 Å². The van der Waals surface area contributed by atoms with Gasteiger partial charge in [-0.3, -0.25) is 9.78 Å². The number of pyridine rings is 1. The van der Waals surface area contributed by atoms with Crippen molar-refractivity contribution >= 4 is 29.0 Å². The Kier molecular flexibility index (Phi) is 5.65. The average molecular weight is 407 g/mol. The predicted octanol–water partition coefficient (Wildman–Crippen LogP) is 3.43. The Bertz CT molecular complexity index is 945. The fourth-order valence-electron chi connectivity index (χ4n) is 3.80. The van der Waals surface area contributed by atoms with Crippen molar-refractivity contribution in [3.8, 4) is 0 Å². The molecule has 1 spiro atoms. The highest BCUT2D eigenvalue weighted by Crippen LogP contribution is 2.34. The van der Waals surface area contributed by atoms with Gasteiger partial charge < -0.3 is 20.4 Å². The number of nitrogens with zero attached hydrogens (tertiary/aromatic N) is 3. The van der Waals surface area contributed by atoms with Gasteiger partial charge in [0.05, 0.1) is 18.4 Å². The van der Waals surface area contributed by atoms with Gasteiger partial charge in [0.2, 0.25) is 0 Å². The van der Waals surface area contributed by atoms with E-state index in [9.17, 15) is 9.59 Å². The lowest BCUT2D eigenvalue weighted by molar-refractivity contribution is -0.110.